The summed E-state index contributed by atoms with van der Waals surface area (Å²) in [6.07, 6.45) is 15.1. The number of nitrogens with zero attached hydrogens (tertiary/aromatic N) is 2. The number of rotatable bonds is 15. The molecule has 0 fully saturated rings. The minimum absolute atomic E-state index is 0.0299. The average Bonchev–Trinajstić information content (AvgIpc) is 2.78. The number of unbranched alkanes of at least 4 members (excludes halogenated alkanes) is 6. The second kappa shape index (κ2) is 14.1. The van der Waals surface area contributed by atoms with Crippen molar-refractivity contribution in [1.29, 1.82) is 0 Å². The maximum Gasteiger partial charge on any atom is 0.159 e. The first kappa shape index (κ1) is 24.3. The second-order valence-electron chi connectivity index (χ2n) is 8.40. The predicted octanol–water partition coefficient (Wildman–Crippen LogP) is 7.59. The summed E-state index contributed by atoms with van der Waals surface area (Å²) in [6, 6.07) is 7.59. The van der Waals surface area contributed by atoms with Crippen LogP contribution in [-0.2, 0) is 6.42 Å². The molecule has 2 atom stereocenters. The van der Waals surface area contributed by atoms with Gasteiger partial charge in [-0.3, -0.25) is 0 Å². The molecule has 0 aliphatic rings. The van der Waals surface area contributed by atoms with Crippen molar-refractivity contribution in [2.24, 2.45) is 5.92 Å². The summed E-state index contributed by atoms with van der Waals surface area (Å²) < 4.78 is 19.7. The monoisotopic (exact) mass is 414 g/mol. The molecule has 2 unspecified atom stereocenters. The fourth-order valence-corrected chi connectivity index (χ4v) is 3.60. The highest BCUT2D eigenvalue weighted by molar-refractivity contribution is 5.55. The van der Waals surface area contributed by atoms with E-state index in [2.05, 4.69) is 23.8 Å². The Morgan fingerprint density at radius 3 is 2.13 bits per heavy atom. The SMILES string of the molecule is CCCCCCCCCc1cnc(-c2ccc(OCC(F)C(C)CCC)cc2)nc1. The quantitative estimate of drug-likeness (QED) is 0.282. The third-order valence-electron chi connectivity index (χ3n) is 5.66. The zero-order valence-electron chi connectivity index (χ0n) is 19.1. The Morgan fingerprint density at radius 1 is 0.867 bits per heavy atom. The number of hydrogen-bond donors (Lipinski definition) is 0. The summed E-state index contributed by atoms with van der Waals surface area (Å²) in [5, 5.41) is 0. The molecule has 166 valence electrons. The van der Waals surface area contributed by atoms with Crippen LogP contribution >= 0.6 is 0 Å². The highest BCUT2D eigenvalue weighted by atomic mass is 19.1. The van der Waals surface area contributed by atoms with Gasteiger partial charge in [0.2, 0.25) is 0 Å². The van der Waals surface area contributed by atoms with Crippen LogP contribution in [-0.4, -0.2) is 22.7 Å². The average molecular weight is 415 g/mol. The highest BCUT2D eigenvalue weighted by Gasteiger charge is 2.16. The summed E-state index contributed by atoms with van der Waals surface area (Å²) in [7, 11) is 0. The molecule has 0 N–H and O–H groups in total. The molecule has 0 bridgehead atoms. The van der Waals surface area contributed by atoms with E-state index < -0.39 is 6.17 Å². The second-order valence-corrected chi connectivity index (χ2v) is 8.40. The van der Waals surface area contributed by atoms with Crippen molar-refractivity contribution in [3.8, 4) is 17.1 Å². The van der Waals surface area contributed by atoms with E-state index in [4.69, 9.17) is 4.74 Å². The van der Waals surface area contributed by atoms with Gasteiger partial charge in [0.15, 0.2) is 5.82 Å². The van der Waals surface area contributed by atoms with Crippen LogP contribution in [0.3, 0.4) is 0 Å². The topological polar surface area (TPSA) is 35.0 Å². The molecular weight excluding hydrogens is 375 g/mol. The Morgan fingerprint density at radius 2 is 1.50 bits per heavy atom. The van der Waals surface area contributed by atoms with Crippen LogP contribution in [0.5, 0.6) is 5.75 Å². The van der Waals surface area contributed by atoms with Gasteiger partial charge in [-0.2, -0.15) is 0 Å². The van der Waals surface area contributed by atoms with Crippen molar-refractivity contribution in [2.45, 2.75) is 91.2 Å². The molecule has 2 rings (SSSR count). The van der Waals surface area contributed by atoms with Crippen molar-refractivity contribution in [1.82, 2.24) is 9.97 Å². The fourth-order valence-electron chi connectivity index (χ4n) is 3.60. The number of benzene rings is 1. The molecule has 0 aliphatic carbocycles. The van der Waals surface area contributed by atoms with Gasteiger partial charge in [0, 0.05) is 18.0 Å². The van der Waals surface area contributed by atoms with Crippen LogP contribution in [0.4, 0.5) is 4.39 Å². The number of ether oxygens (including phenoxy) is 1. The van der Waals surface area contributed by atoms with E-state index >= 15 is 0 Å². The summed E-state index contributed by atoms with van der Waals surface area (Å²) in [5.41, 5.74) is 2.14. The first-order valence-corrected chi connectivity index (χ1v) is 11.8. The van der Waals surface area contributed by atoms with Crippen LogP contribution < -0.4 is 4.74 Å². The molecule has 1 heterocycles. The van der Waals surface area contributed by atoms with Crippen LogP contribution in [0, 0.1) is 5.92 Å². The fraction of sp³-hybridized carbons (Fsp3) is 0.615. The van der Waals surface area contributed by atoms with Gasteiger partial charge in [-0.15, -0.1) is 0 Å². The Bertz CT molecular complexity index is 687. The molecule has 1 aromatic carbocycles. The maximum atomic E-state index is 14.1. The molecule has 0 saturated heterocycles. The lowest BCUT2D eigenvalue weighted by atomic mass is 10.0. The van der Waals surface area contributed by atoms with Crippen LogP contribution in [0.1, 0.15) is 84.1 Å². The molecule has 4 heteroatoms. The predicted molar refractivity (Wildman–Crippen MR) is 124 cm³/mol. The van der Waals surface area contributed by atoms with Crippen LogP contribution in [0.15, 0.2) is 36.7 Å². The van der Waals surface area contributed by atoms with Crippen molar-refractivity contribution >= 4 is 0 Å². The van der Waals surface area contributed by atoms with Gasteiger partial charge in [0.25, 0.3) is 0 Å². The van der Waals surface area contributed by atoms with E-state index in [1.54, 1.807) is 0 Å². The number of halogens is 1. The standard InChI is InChI=1S/C26H39FN2O/c1-4-6-7-8-9-10-11-13-22-18-28-26(29-19-22)23-14-16-24(17-15-23)30-20-25(27)21(3)12-5-2/h14-19,21,25H,4-13,20H2,1-3H3. The molecule has 2 aromatic rings. The molecule has 30 heavy (non-hydrogen) atoms. The van der Waals surface area contributed by atoms with Gasteiger partial charge in [-0.1, -0.05) is 65.7 Å². The number of aryl methyl sites for hydroxylation is 1. The Kier molecular flexibility index (Phi) is 11.4. The van der Waals surface area contributed by atoms with Gasteiger partial charge < -0.3 is 4.74 Å². The van der Waals surface area contributed by atoms with Gasteiger partial charge in [0.05, 0.1) is 0 Å². The van der Waals surface area contributed by atoms with E-state index in [0.29, 0.717) is 11.6 Å². The number of hydrogen-bond acceptors (Lipinski definition) is 3. The van der Waals surface area contributed by atoms with Gasteiger partial charge in [-0.25, -0.2) is 14.4 Å². The van der Waals surface area contributed by atoms with Gasteiger partial charge >= 0.3 is 0 Å². The lowest BCUT2D eigenvalue weighted by molar-refractivity contribution is 0.142. The third kappa shape index (κ3) is 8.81. The summed E-state index contributed by atoms with van der Waals surface area (Å²) in [6.45, 7) is 6.37. The van der Waals surface area contributed by atoms with E-state index in [0.717, 1.165) is 24.8 Å². The normalized spacial score (nSPS) is 13.2. The molecule has 1 aromatic heterocycles. The van der Waals surface area contributed by atoms with Gasteiger partial charge in [-0.05, 0) is 55.0 Å². The van der Waals surface area contributed by atoms with Crippen molar-refractivity contribution in [2.75, 3.05) is 6.61 Å². The van der Waals surface area contributed by atoms with Crippen molar-refractivity contribution in [3.05, 3.63) is 42.2 Å². The largest absolute Gasteiger partial charge is 0.491 e. The van der Waals surface area contributed by atoms with E-state index in [9.17, 15) is 4.39 Å². The Hall–Kier alpha value is -1.97. The smallest absolute Gasteiger partial charge is 0.159 e. The number of alkyl halides is 1. The summed E-state index contributed by atoms with van der Waals surface area (Å²) in [5.74, 6) is 1.42. The molecule has 0 spiro atoms. The number of aromatic nitrogens is 2. The first-order valence-electron chi connectivity index (χ1n) is 11.8. The first-order chi connectivity index (χ1) is 14.6. The molecule has 0 aliphatic heterocycles. The zero-order valence-corrected chi connectivity index (χ0v) is 19.1. The minimum atomic E-state index is -0.933. The minimum Gasteiger partial charge on any atom is -0.491 e. The van der Waals surface area contributed by atoms with Crippen molar-refractivity contribution < 1.29 is 9.13 Å². The van der Waals surface area contributed by atoms with E-state index in [-0.39, 0.29) is 12.5 Å². The van der Waals surface area contributed by atoms with Crippen LogP contribution in [0.2, 0.25) is 0 Å². The molecule has 0 radical (unpaired) electrons. The lowest BCUT2D eigenvalue weighted by Crippen LogP contribution is -2.20. The van der Waals surface area contributed by atoms with Gasteiger partial charge in [0.1, 0.15) is 18.5 Å². The Labute approximate surface area is 182 Å². The van der Waals surface area contributed by atoms with Crippen LogP contribution in [0.25, 0.3) is 11.4 Å². The lowest BCUT2D eigenvalue weighted by Gasteiger charge is -2.16. The summed E-state index contributed by atoms with van der Waals surface area (Å²) >= 11 is 0. The maximum absolute atomic E-state index is 14.1. The molecule has 3 nitrogen and oxygen atoms in total. The molecular formula is C26H39FN2O. The Balaban J connectivity index is 1.75. The molecule has 0 saturated carbocycles. The van der Waals surface area contributed by atoms with E-state index in [1.165, 1.54) is 50.5 Å². The third-order valence-corrected chi connectivity index (χ3v) is 5.66. The highest BCUT2D eigenvalue weighted by Crippen LogP contribution is 2.21. The zero-order chi connectivity index (χ0) is 21.6. The van der Waals surface area contributed by atoms with Crippen molar-refractivity contribution in [3.63, 3.8) is 0 Å². The molecule has 0 amide bonds. The summed E-state index contributed by atoms with van der Waals surface area (Å²) in [4.78, 5) is 9.05. The van der Waals surface area contributed by atoms with E-state index in [1.807, 2.05) is 43.6 Å².